The smallest absolute Gasteiger partial charge is 0.130 e. The third-order valence-corrected chi connectivity index (χ3v) is 6.54. The maximum Gasteiger partial charge on any atom is 0.130 e. The van der Waals surface area contributed by atoms with E-state index < -0.39 is 0 Å². The summed E-state index contributed by atoms with van der Waals surface area (Å²) >= 11 is 0. The molecule has 1 saturated heterocycles. The van der Waals surface area contributed by atoms with Crippen LogP contribution in [-0.4, -0.2) is 48.9 Å². The molecule has 0 bridgehead atoms. The molecule has 4 N–H and O–H groups in total. The van der Waals surface area contributed by atoms with Crippen molar-refractivity contribution in [1.29, 1.82) is 0 Å². The summed E-state index contributed by atoms with van der Waals surface area (Å²) in [6.45, 7) is 7.87. The second kappa shape index (κ2) is 7.48. The molecule has 4 heteroatoms. The molecule has 0 radical (unpaired) electrons. The third kappa shape index (κ3) is 3.62. The number of aromatic nitrogens is 1. The lowest BCUT2D eigenvalue weighted by atomic mass is 9.94. The highest BCUT2D eigenvalue weighted by Crippen LogP contribution is 2.27. The normalized spacial score (nSPS) is 26.8. The average Bonchev–Trinajstić information content (AvgIpc) is 2.99. The van der Waals surface area contributed by atoms with Gasteiger partial charge >= 0.3 is 0 Å². The summed E-state index contributed by atoms with van der Waals surface area (Å²) in [4.78, 5) is 6.82. The molecule has 0 amide bonds. The number of para-hydroxylation sites is 1. The van der Waals surface area contributed by atoms with Crippen LogP contribution in [-0.2, 0) is 0 Å². The molecule has 1 aromatic heterocycles. The third-order valence-electron chi connectivity index (χ3n) is 6.54. The summed E-state index contributed by atoms with van der Waals surface area (Å²) in [6.07, 6.45) is 6.80. The van der Waals surface area contributed by atoms with Gasteiger partial charge in [0.25, 0.3) is 0 Å². The van der Waals surface area contributed by atoms with Gasteiger partial charge in [0.1, 0.15) is 38.8 Å². The van der Waals surface area contributed by atoms with E-state index >= 15 is 0 Å². The maximum absolute atomic E-state index is 10.9. The van der Waals surface area contributed by atoms with Crippen molar-refractivity contribution in [2.45, 2.75) is 51.2 Å². The number of hydrogen-bond donors (Lipinski definition) is 4. The summed E-state index contributed by atoms with van der Waals surface area (Å²) in [5.41, 5.74) is 3.35. The minimum atomic E-state index is -0.373. The Kier molecular flexibility index (Phi) is 5.11. The lowest BCUT2D eigenvalue weighted by molar-refractivity contribution is -1.03. The number of H-pyrrole nitrogens is 1. The fourth-order valence-electron chi connectivity index (χ4n) is 5.15. The van der Waals surface area contributed by atoms with E-state index in [9.17, 15) is 5.11 Å². The Labute approximate surface area is 150 Å². The molecular formula is C21H33N3O+2. The number of rotatable bonds is 4. The Morgan fingerprint density at radius 1 is 1.08 bits per heavy atom. The van der Waals surface area contributed by atoms with Crippen LogP contribution in [0.1, 0.15) is 49.5 Å². The molecule has 1 atom stereocenters. The van der Waals surface area contributed by atoms with E-state index in [0.29, 0.717) is 0 Å². The maximum atomic E-state index is 10.9. The first-order chi connectivity index (χ1) is 12.2. The standard InChI is InChI=1S/C21H31N3O/c1-16-21(18-9-5-6-10-19(18)22-16)20(25)15-23-11-13-24(14-12-23)17-7-3-2-4-8-17/h5-6,9-10,17,20,22,25H,2-4,7-8,11-15H2,1H3/p+2/t20-/m0/s1. The average molecular weight is 344 g/mol. The van der Waals surface area contributed by atoms with Crippen molar-refractivity contribution >= 4 is 10.9 Å². The number of quaternary nitrogens is 2. The molecule has 136 valence electrons. The van der Waals surface area contributed by atoms with Gasteiger partial charge in [0.15, 0.2) is 0 Å². The molecule has 0 unspecified atom stereocenters. The minimum Gasteiger partial charge on any atom is -0.382 e. The summed E-state index contributed by atoms with van der Waals surface area (Å²) in [7, 11) is 0. The zero-order valence-corrected chi connectivity index (χ0v) is 15.5. The van der Waals surface area contributed by atoms with Crippen LogP contribution in [0.5, 0.6) is 0 Å². The topological polar surface area (TPSA) is 44.9 Å². The van der Waals surface area contributed by atoms with Gasteiger partial charge in [-0.3, -0.25) is 0 Å². The summed E-state index contributed by atoms with van der Waals surface area (Å²) < 4.78 is 0. The van der Waals surface area contributed by atoms with E-state index in [-0.39, 0.29) is 6.10 Å². The van der Waals surface area contributed by atoms with Gasteiger partial charge in [0.05, 0.1) is 6.04 Å². The largest absolute Gasteiger partial charge is 0.382 e. The molecule has 2 aromatic rings. The predicted molar refractivity (Wildman–Crippen MR) is 101 cm³/mol. The Morgan fingerprint density at radius 3 is 2.56 bits per heavy atom. The number of nitrogens with one attached hydrogen (secondary N) is 3. The van der Waals surface area contributed by atoms with Crippen molar-refractivity contribution in [2.75, 3.05) is 32.7 Å². The second-order valence-corrected chi connectivity index (χ2v) is 8.17. The molecule has 1 aromatic carbocycles. The summed E-state index contributed by atoms with van der Waals surface area (Å²) in [5, 5.41) is 12.1. The highest BCUT2D eigenvalue weighted by atomic mass is 16.3. The van der Waals surface area contributed by atoms with E-state index in [1.54, 1.807) is 4.90 Å². The number of piperazine rings is 1. The number of aryl methyl sites for hydroxylation is 1. The van der Waals surface area contributed by atoms with E-state index in [1.807, 2.05) is 11.0 Å². The van der Waals surface area contributed by atoms with Gasteiger partial charge in [0, 0.05) is 22.2 Å². The van der Waals surface area contributed by atoms with E-state index in [4.69, 9.17) is 0 Å². The second-order valence-electron chi connectivity index (χ2n) is 8.17. The zero-order valence-electron chi connectivity index (χ0n) is 15.5. The van der Waals surface area contributed by atoms with Gasteiger partial charge in [-0.2, -0.15) is 0 Å². The fourth-order valence-corrected chi connectivity index (χ4v) is 5.15. The molecule has 2 heterocycles. The number of aromatic amines is 1. The minimum absolute atomic E-state index is 0.373. The molecule has 0 spiro atoms. The van der Waals surface area contributed by atoms with Crippen LogP contribution in [0, 0.1) is 6.92 Å². The first-order valence-electron chi connectivity index (χ1n) is 10.2. The number of fused-ring (bicyclic) bond motifs is 1. The zero-order chi connectivity index (χ0) is 17.2. The van der Waals surface area contributed by atoms with Crippen LogP contribution in [0.25, 0.3) is 10.9 Å². The van der Waals surface area contributed by atoms with Crippen LogP contribution in [0.15, 0.2) is 24.3 Å². The molecule has 25 heavy (non-hydrogen) atoms. The van der Waals surface area contributed by atoms with Gasteiger partial charge in [-0.05, 0) is 38.7 Å². The lowest BCUT2D eigenvalue weighted by Gasteiger charge is -2.36. The van der Waals surface area contributed by atoms with Crippen LogP contribution in [0.4, 0.5) is 0 Å². The van der Waals surface area contributed by atoms with Crippen LogP contribution >= 0.6 is 0 Å². The SMILES string of the molecule is Cc1[nH]c2ccccc2c1[C@@H](O)C[NH+]1CC[NH+](C2CCCCC2)CC1. The van der Waals surface area contributed by atoms with E-state index in [2.05, 4.69) is 30.1 Å². The molecule has 4 rings (SSSR count). The number of hydrogen-bond acceptors (Lipinski definition) is 1. The number of benzene rings is 1. The van der Waals surface area contributed by atoms with Crippen LogP contribution in [0.2, 0.25) is 0 Å². The first kappa shape index (κ1) is 17.1. The molecular weight excluding hydrogens is 310 g/mol. The number of aliphatic hydroxyl groups is 1. The quantitative estimate of drug-likeness (QED) is 0.646. The molecule has 1 aliphatic heterocycles. The Hall–Kier alpha value is -1.36. The molecule has 1 aliphatic carbocycles. The van der Waals surface area contributed by atoms with E-state index in [0.717, 1.165) is 29.4 Å². The van der Waals surface area contributed by atoms with Crippen molar-refractivity contribution in [1.82, 2.24) is 4.98 Å². The van der Waals surface area contributed by atoms with Crippen molar-refractivity contribution in [2.24, 2.45) is 0 Å². The monoisotopic (exact) mass is 343 g/mol. The lowest BCUT2D eigenvalue weighted by Crippen LogP contribution is -3.29. The van der Waals surface area contributed by atoms with E-state index in [1.165, 1.54) is 63.7 Å². The summed E-state index contributed by atoms with van der Waals surface area (Å²) in [5.74, 6) is 0. The van der Waals surface area contributed by atoms with Gasteiger partial charge in [-0.1, -0.05) is 24.6 Å². The van der Waals surface area contributed by atoms with Crippen molar-refractivity contribution in [3.05, 3.63) is 35.5 Å². The molecule has 2 fully saturated rings. The van der Waals surface area contributed by atoms with Crippen molar-refractivity contribution in [3.8, 4) is 0 Å². The van der Waals surface area contributed by atoms with Gasteiger partial charge in [0.2, 0.25) is 0 Å². The van der Waals surface area contributed by atoms with Gasteiger partial charge < -0.3 is 19.9 Å². The van der Waals surface area contributed by atoms with Crippen molar-refractivity contribution in [3.63, 3.8) is 0 Å². The molecule has 1 saturated carbocycles. The highest BCUT2D eigenvalue weighted by Gasteiger charge is 2.31. The van der Waals surface area contributed by atoms with Crippen molar-refractivity contribution < 1.29 is 14.9 Å². The number of aliphatic hydroxyl groups excluding tert-OH is 1. The summed E-state index contributed by atoms with van der Waals surface area (Å²) in [6, 6.07) is 9.24. The first-order valence-corrected chi connectivity index (χ1v) is 10.2. The van der Waals surface area contributed by atoms with Crippen LogP contribution in [0.3, 0.4) is 0 Å². The van der Waals surface area contributed by atoms with Crippen LogP contribution < -0.4 is 9.80 Å². The predicted octanol–water partition coefficient (Wildman–Crippen LogP) is 0.626. The Bertz CT molecular complexity index is 696. The van der Waals surface area contributed by atoms with Gasteiger partial charge in [-0.25, -0.2) is 0 Å². The van der Waals surface area contributed by atoms with Gasteiger partial charge in [-0.15, -0.1) is 0 Å². The molecule has 2 aliphatic rings. The highest BCUT2D eigenvalue weighted by molar-refractivity contribution is 5.84. The fraction of sp³-hybridized carbons (Fsp3) is 0.619. The Balaban J connectivity index is 1.37. The molecule has 4 nitrogen and oxygen atoms in total. The Morgan fingerprint density at radius 2 is 1.80 bits per heavy atom.